The third kappa shape index (κ3) is 7.22. The maximum atomic E-state index is 12.5. The van der Waals surface area contributed by atoms with E-state index in [1.54, 1.807) is 13.2 Å². The minimum Gasteiger partial charge on any atom is -0.456 e. The van der Waals surface area contributed by atoms with Gasteiger partial charge in [-0.05, 0) is 43.4 Å². The highest BCUT2D eigenvalue weighted by atomic mass is 35.5. The van der Waals surface area contributed by atoms with E-state index in [9.17, 15) is 13.7 Å². The largest absolute Gasteiger partial charge is 0.456 e. The maximum Gasteiger partial charge on any atom is 0.263 e. The number of benzene rings is 2. The number of sulfonamides is 1. The zero-order valence-corrected chi connectivity index (χ0v) is 19.9. The molecule has 0 spiro atoms. The molecule has 0 amide bonds. The lowest BCUT2D eigenvalue weighted by atomic mass is 10.2. The van der Waals surface area contributed by atoms with E-state index in [1.807, 2.05) is 6.07 Å². The summed E-state index contributed by atoms with van der Waals surface area (Å²) in [6.07, 6.45) is 1.60. The van der Waals surface area contributed by atoms with Crippen LogP contribution >= 0.6 is 11.6 Å². The first kappa shape index (κ1) is 25.7. The van der Waals surface area contributed by atoms with Crippen molar-refractivity contribution in [3.8, 4) is 17.6 Å². The first-order chi connectivity index (χ1) is 15.7. The summed E-state index contributed by atoms with van der Waals surface area (Å²) in [5.74, 6) is 0.637. The molecule has 0 saturated heterocycles. The number of rotatable bonds is 7. The summed E-state index contributed by atoms with van der Waals surface area (Å²) in [6, 6.07) is 11.8. The van der Waals surface area contributed by atoms with Crippen LogP contribution in [0.3, 0.4) is 0 Å². The highest BCUT2D eigenvalue weighted by Crippen LogP contribution is 2.33. The van der Waals surface area contributed by atoms with Gasteiger partial charge in [0.05, 0.1) is 22.1 Å². The van der Waals surface area contributed by atoms with E-state index in [2.05, 4.69) is 33.8 Å². The molecule has 0 bridgehead atoms. The summed E-state index contributed by atoms with van der Waals surface area (Å²) in [6.45, 7) is 13.4. The van der Waals surface area contributed by atoms with Crippen LogP contribution in [0.15, 0.2) is 53.6 Å². The summed E-state index contributed by atoms with van der Waals surface area (Å²) in [7, 11) is -2.26. The topological polar surface area (TPSA) is 113 Å². The van der Waals surface area contributed by atoms with Gasteiger partial charge in [-0.2, -0.15) is 10.4 Å². The van der Waals surface area contributed by atoms with Gasteiger partial charge in [0, 0.05) is 19.3 Å². The molecule has 0 fully saturated rings. The molecule has 1 aromatic heterocycles. The average molecular weight is 487 g/mol. The van der Waals surface area contributed by atoms with Crippen molar-refractivity contribution in [3.63, 3.8) is 0 Å². The van der Waals surface area contributed by atoms with Crippen molar-refractivity contribution in [1.29, 1.82) is 5.26 Å². The number of nitrogens with one attached hydrogen (secondary N) is 2. The second kappa shape index (κ2) is 11.9. The van der Waals surface area contributed by atoms with Gasteiger partial charge in [-0.1, -0.05) is 31.5 Å². The van der Waals surface area contributed by atoms with E-state index in [1.165, 1.54) is 47.1 Å². The van der Waals surface area contributed by atoms with Gasteiger partial charge in [-0.25, -0.2) is 13.3 Å². The molecule has 2 N–H and O–H groups in total. The van der Waals surface area contributed by atoms with Crippen LogP contribution in [0, 0.1) is 17.9 Å². The van der Waals surface area contributed by atoms with Crippen LogP contribution in [-0.4, -0.2) is 31.3 Å². The molecule has 0 aliphatic rings. The predicted molar refractivity (Wildman–Crippen MR) is 127 cm³/mol. The second-order valence-electron chi connectivity index (χ2n) is 6.53. The number of ether oxygens (including phenoxy) is 1. The SMILES string of the molecule is CCNCC.[C-]#[N+]c1ccc(Oc2ccc(S(=O)(=O)Nc3ccn(C)n3)cc2C#N)cc1Cl. The average Bonchev–Trinajstić information content (AvgIpc) is 3.18. The quantitative estimate of drug-likeness (QED) is 0.468. The van der Waals surface area contributed by atoms with Crippen LogP contribution in [-0.2, 0) is 17.1 Å². The Morgan fingerprint density at radius 2 is 1.94 bits per heavy atom. The fourth-order valence-corrected chi connectivity index (χ4v) is 3.77. The minimum atomic E-state index is -3.92. The molecule has 0 aliphatic heterocycles. The number of aryl methyl sites for hydroxylation is 1. The molecule has 1 heterocycles. The number of nitriles is 1. The van der Waals surface area contributed by atoms with E-state index in [-0.39, 0.29) is 32.7 Å². The van der Waals surface area contributed by atoms with Crippen molar-refractivity contribution in [2.24, 2.45) is 7.05 Å². The zero-order valence-electron chi connectivity index (χ0n) is 18.3. The molecule has 3 aromatic rings. The number of anilines is 1. The lowest BCUT2D eigenvalue weighted by Crippen LogP contribution is -2.13. The Kier molecular flexibility index (Phi) is 9.25. The van der Waals surface area contributed by atoms with Gasteiger partial charge in [0.2, 0.25) is 5.69 Å². The van der Waals surface area contributed by atoms with Crippen LogP contribution in [0.5, 0.6) is 11.5 Å². The van der Waals surface area contributed by atoms with E-state index >= 15 is 0 Å². The van der Waals surface area contributed by atoms with E-state index in [4.69, 9.17) is 22.9 Å². The van der Waals surface area contributed by atoms with Crippen LogP contribution in [0.2, 0.25) is 5.02 Å². The van der Waals surface area contributed by atoms with Crippen molar-refractivity contribution in [2.75, 3.05) is 17.8 Å². The molecule has 11 heteroatoms. The first-order valence-corrected chi connectivity index (χ1v) is 11.7. The highest BCUT2D eigenvalue weighted by molar-refractivity contribution is 7.92. The van der Waals surface area contributed by atoms with Crippen molar-refractivity contribution >= 4 is 33.1 Å². The first-order valence-electron chi connectivity index (χ1n) is 9.86. The summed E-state index contributed by atoms with van der Waals surface area (Å²) >= 11 is 5.98. The molecule has 33 heavy (non-hydrogen) atoms. The molecule has 2 aromatic carbocycles. The Labute approximate surface area is 198 Å². The molecule has 9 nitrogen and oxygen atoms in total. The fraction of sp³-hybridized carbons (Fsp3) is 0.227. The predicted octanol–water partition coefficient (Wildman–Crippen LogP) is 4.70. The minimum absolute atomic E-state index is 0.0225. The van der Waals surface area contributed by atoms with Gasteiger partial charge in [-0.3, -0.25) is 9.40 Å². The molecule has 0 radical (unpaired) electrons. The molecule has 0 unspecified atom stereocenters. The Morgan fingerprint density at radius 1 is 1.21 bits per heavy atom. The smallest absolute Gasteiger partial charge is 0.263 e. The summed E-state index contributed by atoms with van der Waals surface area (Å²) < 4.78 is 34.4. The Hall–Kier alpha value is -3.57. The number of hydrogen-bond donors (Lipinski definition) is 2. The number of aromatic nitrogens is 2. The lowest BCUT2D eigenvalue weighted by Gasteiger charge is -2.10. The standard InChI is InChI=1S/C18H12ClN5O3S.C4H11N/c1-21-16-5-3-13(10-15(16)19)27-17-6-4-14(9-12(17)11-20)28(25,26)23-18-7-8-24(2)22-18;1-3-5-4-2/h3-10H,2H3,(H,22,23);5H,3-4H2,1-2H3. The fourth-order valence-electron chi connectivity index (χ4n) is 2.54. The number of hydrogen-bond acceptors (Lipinski definition) is 6. The van der Waals surface area contributed by atoms with Gasteiger partial charge < -0.3 is 10.1 Å². The molecule has 0 saturated carbocycles. The van der Waals surface area contributed by atoms with Crippen LogP contribution in [0.25, 0.3) is 4.85 Å². The van der Waals surface area contributed by atoms with E-state index in [0.717, 1.165) is 13.1 Å². The van der Waals surface area contributed by atoms with Gasteiger partial charge in [-0.15, -0.1) is 0 Å². The Balaban J connectivity index is 0.000000696. The van der Waals surface area contributed by atoms with Crippen LogP contribution in [0.1, 0.15) is 19.4 Å². The van der Waals surface area contributed by atoms with E-state index in [0.29, 0.717) is 5.75 Å². The second-order valence-corrected chi connectivity index (χ2v) is 8.62. The number of halogens is 1. The van der Waals surface area contributed by atoms with Crippen molar-refractivity contribution in [1.82, 2.24) is 15.1 Å². The molecular formula is C22H23ClN6O3S. The summed E-state index contributed by atoms with van der Waals surface area (Å²) in [5, 5.41) is 16.7. The Bertz CT molecular complexity index is 1290. The van der Waals surface area contributed by atoms with Crippen molar-refractivity contribution in [2.45, 2.75) is 18.7 Å². The van der Waals surface area contributed by atoms with Gasteiger partial charge in [0.15, 0.2) is 5.82 Å². The summed E-state index contributed by atoms with van der Waals surface area (Å²) in [4.78, 5) is 3.15. The molecule has 3 rings (SSSR count). The van der Waals surface area contributed by atoms with Gasteiger partial charge in [0.25, 0.3) is 10.0 Å². The van der Waals surface area contributed by atoms with Crippen LogP contribution < -0.4 is 14.8 Å². The molecule has 0 atom stereocenters. The van der Waals surface area contributed by atoms with Gasteiger partial charge >= 0.3 is 0 Å². The molecular weight excluding hydrogens is 464 g/mol. The monoisotopic (exact) mass is 486 g/mol. The highest BCUT2D eigenvalue weighted by Gasteiger charge is 2.18. The maximum absolute atomic E-state index is 12.5. The lowest BCUT2D eigenvalue weighted by molar-refractivity contribution is 0.480. The van der Waals surface area contributed by atoms with Crippen molar-refractivity contribution in [3.05, 3.63) is 70.7 Å². The number of nitrogens with zero attached hydrogens (tertiary/aromatic N) is 4. The summed E-state index contributed by atoms with van der Waals surface area (Å²) in [5.41, 5.74) is 0.297. The van der Waals surface area contributed by atoms with Gasteiger partial charge in [0.1, 0.15) is 17.6 Å². The molecule has 172 valence electrons. The third-order valence-electron chi connectivity index (χ3n) is 4.10. The normalized spacial score (nSPS) is 10.4. The van der Waals surface area contributed by atoms with Crippen LogP contribution in [0.4, 0.5) is 11.5 Å². The third-order valence-corrected chi connectivity index (χ3v) is 5.76. The zero-order chi connectivity index (χ0) is 24.4. The van der Waals surface area contributed by atoms with E-state index < -0.39 is 10.0 Å². The Morgan fingerprint density at radius 3 is 2.45 bits per heavy atom. The molecule has 0 aliphatic carbocycles. The van der Waals surface area contributed by atoms with Crippen molar-refractivity contribution < 1.29 is 13.2 Å².